The summed E-state index contributed by atoms with van der Waals surface area (Å²) in [5.41, 5.74) is 1.53. The number of amides is 1. The Bertz CT molecular complexity index is 725. The molecule has 0 aliphatic rings. The summed E-state index contributed by atoms with van der Waals surface area (Å²) in [6.45, 7) is 3.63. The molecule has 0 unspecified atom stereocenters. The van der Waals surface area contributed by atoms with E-state index in [-0.39, 0.29) is 18.1 Å². The van der Waals surface area contributed by atoms with Crippen LogP contribution in [0.5, 0.6) is 5.75 Å². The maximum atomic E-state index is 11.9. The smallest absolute Gasteiger partial charge is 0.264 e. The zero-order valence-corrected chi connectivity index (χ0v) is 14.6. The molecule has 0 aliphatic carbocycles. The van der Waals surface area contributed by atoms with E-state index in [1.54, 1.807) is 32.3 Å². The minimum absolute atomic E-state index is 0.0390. The minimum Gasteiger partial charge on any atom is -0.477 e. The molecule has 0 N–H and O–H groups in total. The van der Waals surface area contributed by atoms with Gasteiger partial charge in [0.1, 0.15) is 23.5 Å². The Morgan fingerprint density at radius 1 is 1.43 bits per heavy atom. The van der Waals surface area contributed by atoms with Crippen LogP contribution < -0.4 is 4.74 Å². The molecule has 0 heterocycles. The lowest BCUT2D eigenvalue weighted by molar-refractivity contribution is -0.124. The molecule has 0 atom stereocenters. The number of halogens is 1. The van der Waals surface area contributed by atoms with E-state index in [0.29, 0.717) is 22.2 Å². The lowest BCUT2D eigenvalue weighted by atomic mass is 10.0. The van der Waals surface area contributed by atoms with Crippen LogP contribution in [0.25, 0.3) is 6.08 Å². The van der Waals surface area contributed by atoms with E-state index in [4.69, 9.17) is 15.3 Å². The van der Waals surface area contributed by atoms with Gasteiger partial charge in [-0.25, -0.2) is 0 Å². The maximum Gasteiger partial charge on any atom is 0.264 e. The highest BCUT2D eigenvalue weighted by atomic mass is 79.9. The van der Waals surface area contributed by atoms with E-state index in [9.17, 15) is 4.79 Å². The summed E-state index contributed by atoms with van der Waals surface area (Å²) in [7, 11) is 3.18. The average molecular weight is 374 g/mol. The summed E-state index contributed by atoms with van der Waals surface area (Å²) in [5.74, 6) is 0.194. The summed E-state index contributed by atoms with van der Waals surface area (Å²) in [4.78, 5) is 13.3. The highest BCUT2D eigenvalue weighted by Gasteiger charge is 2.13. The van der Waals surface area contributed by atoms with Gasteiger partial charge in [-0.2, -0.15) is 10.5 Å². The maximum absolute atomic E-state index is 11.9. The molecular formula is C17H16BrN3O2. The van der Waals surface area contributed by atoms with Crippen LogP contribution >= 0.6 is 15.9 Å². The van der Waals surface area contributed by atoms with Crippen LogP contribution in [0.15, 0.2) is 34.8 Å². The van der Waals surface area contributed by atoms with Crippen molar-refractivity contribution in [3.05, 3.63) is 46.0 Å². The zero-order valence-electron chi connectivity index (χ0n) is 13.0. The predicted molar refractivity (Wildman–Crippen MR) is 91.4 cm³/mol. The van der Waals surface area contributed by atoms with Crippen molar-refractivity contribution in [2.75, 3.05) is 20.7 Å². The molecule has 0 saturated heterocycles. The van der Waals surface area contributed by atoms with Crippen molar-refractivity contribution in [3.8, 4) is 17.9 Å². The van der Waals surface area contributed by atoms with Crippen molar-refractivity contribution in [1.82, 2.24) is 4.90 Å². The summed E-state index contributed by atoms with van der Waals surface area (Å²) in [6.07, 6.45) is 3.77. The van der Waals surface area contributed by atoms with Gasteiger partial charge < -0.3 is 9.64 Å². The van der Waals surface area contributed by atoms with Gasteiger partial charge in [-0.15, -0.1) is 6.58 Å². The van der Waals surface area contributed by atoms with Crippen LogP contribution in [0.3, 0.4) is 0 Å². The number of nitriles is 2. The topological polar surface area (TPSA) is 77.1 Å². The largest absolute Gasteiger partial charge is 0.477 e. The first-order chi connectivity index (χ1) is 10.9. The molecule has 1 aromatic rings. The number of hydrogen-bond donors (Lipinski definition) is 0. The number of carbonyl (C=O) groups is 1. The molecule has 0 aromatic heterocycles. The molecule has 0 spiro atoms. The number of hydrogen-bond acceptors (Lipinski definition) is 4. The lowest BCUT2D eigenvalue weighted by Crippen LogP contribution is -2.22. The third-order valence-electron chi connectivity index (χ3n) is 2.86. The molecule has 0 aliphatic heterocycles. The third kappa shape index (κ3) is 4.98. The molecule has 23 heavy (non-hydrogen) atoms. The van der Waals surface area contributed by atoms with Crippen molar-refractivity contribution in [1.29, 1.82) is 10.5 Å². The number of allylic oxidation sites excluding steroid dienone is 1. The Hall–Kier alpha value is -2.57. The molecule has 1 rings (SSSR count). The third-order valence-corrected chi connectivity index (χ3v) is 3.45. The minimum atomic E-state index is -0.362. The van der Waals surface area contributed by atoms with Gasteiger partial charge in [0, 0.05) is 14.1 Å². The van der Waals surface area contributed by atoms with Gasteiger partial charge in [0.2, 0.25) is 0 Å². The number of carbonyl (C=O) groups excluding carboxylic acids is 1. The van der Waals surface area contributed by atoms with E-state index in [1.165, 1.54) is 11.0 Å². The van der Waals surface area contributed by atoms with Crippen molar-refractivity contribution >= 4 is 27.9 Å². The number of nitrogens with zero attached hydrogens (tertiary/aromatic N) is 3. The van der Waals surface area contributed by atoms with Crippen LogP contribution in [0.4, 0.5) is 0 Å². The van der Waals surface area contributed by atoms with E-state index < -0.39 is 0 Å². The molecule has 1 aromatic carbocycles. The van der Waals surface area contributed by atoms with Crippen LogP contribution in [0.2, 0.25) is 0 Å². The van der Waals surface area contributed by atoms with Crippen molar-refractivity contribution in [2.24, 2.45) is 0 Å². The van der Waals surface area contributed by atoms with Gasteiger partial charge in [0.05, 0.1) is 4.47 Å². The highest BCUT2D eigenvalue weighted by molar-refractivity contribution is 9.10. The number of benzene rings is 1. The Labute approximate surface area is 144 Å². The summed E-state index contributed by atoms with van der Waals surface area (Å²) < 4.78 is 6.07. The number of ether oxygens (including phenoxy) is 1. The molecule has 0 radical (unpaired) electrons. The predicted octanol–water partition coefficient (Wildman–Crippen LogP) is 3.08. The highest BCUT2D eigenvalue weighted by Crippen LogP contribution is 2.32. The second-order valence-corrected chi connectivity index (χ2v) is 5.65. The molecule has 5 nitrogen and oxygen atoms in total. The van der Waals surface area contributed by atoms with Crippen molar-refractivity contribution in [3.63, 3.8) is 0 Å². The molecule has 0 saturated carbocycles. The Morgan fingerprint density at radius 2 is 2.13 bits per heavy atom. The molecule has 0 bridgehead atoms. The first kappa shape index (κ1) is 18.5. The van der Waals surface area contributed by atoms with Gasteiger partial charge in [-0.05, 0) is 51.7 Å². The Balaban J connectivity index is 3.34. The fraction of sp³-hybridized carbons (Fsp3) is 0.235. The van der Waals surface area contributed by atoms with Crippen LogP contribution in [-0.2, 0) is 11.2 Å². The molecule has 118 valence electrons. The van der Waals surface area contributed by atoms with E-state index in [0.717, 1.165) is 5.56 Å². The SMILES string of the molecule is C=CCc1cc(/C=C(/C#N)C(=O)N(C)C)cc(Br)c1OCC#N. The van der Waals surface area contributed by atoms with Crippen molar-refractivity contribution < 1.29 is 9.53 Å². The first-order valence-electron chi connectivity index (χ1n) is 6.71. The van der Waals surface area contributed by atoms with Gasteiger partial charge in [0.15, 0.2) is 6.61 Å². The average Bonchev–Trinajstić information content (AvgIpc) is 2.51. The van der Waals surface area contributed by atoms with Gasteiger partial charge in [-0.3, -0.25) is 4.79 Å². The van der Waals surface area contributed by atoms with Crippen molar-refractivity contribution in [2.45, 2.75) is 6.42 Å². The normalized spacial score (nSPS) is 10.4. The second kappa shape index (κ2) is 8.77. The Morgan fingerprint density at radius 3 is 2.65 bits per heavy atom. The van der Waals surface area contributed by atoms with E-state index >= 15 is 0 Å². The standard InChI is InChI=1S/C17H16BrN3O2/c1-4-5-13-8-12(9-14(11-20)17(22)21(2)3)10-15(18)16(13)23-7-6-19/h4,8-10H,1,5,7H2,2-3H3/b14-9-. The monoisotopic (exact) mass is 373 g/mol. The molecule has 6 heteroatoms. The lowest BCUT2D eigenvalue weighted by Gasteiger charge is -2.12. The summed E-state index contributed by atoms with van der Waals surface area (Å²) in [6, 6.07) is 7.37. The molecule has 1 amide bonds. The molecule has 0 fully saturated rings. The fourth-order valence-corrected chi connectivity index (χ4v) is 2.51. The molecular weight excluding hydrogens is 358 g/mol. The van der Waals surface area contributed by atoms with Gasteiger partial charge >= 0.3 is 0 Å². The first-order valence-corrected chi connectivity index (χ1v) is 7.50. The Kier molecular flexibility index (Phi) is 7.05. The quantitative estimate of drug-likeness (QED) is 0.436. The summed E-state index contributed by atoms with van der Waals surface area (Å²) >= 11 is 3.40. The van der Waals surface area contributed by atoms with Crippen LogP contribution in [0, 0.1) is 22.7 Å². The zero-order chi connectivity index (χ0) is 17.4. The fourth-order valence-electron chi connectivity index (χ4n) is 1.88. The number of rotatable bonds is 6. The van der Waals surface area contributed by atoms with Crippen LogP contribution in [-0.4, -0.2) is 31.5 Å². The number of likely N-dealkylation sites (N-methyl/N-ethyl adjacent to an activating group) is 1. The van der Waals surface area contributed by atoms with E-state index in [1.807, 2.05) is 12.1 Å². The van der Waals surface area contributed by atoms with Gasteiger partial charge in [0.25, 0.3) is 5.91 Å². The van der Waals surface area contributed by atoms with Crippen LogP contribution in [0.1, 0.15) is 11.1 Å². The van der Waals surface area contributed by atoms with Gasteiger partial charge in [-0.1, -0.05) is 6.08 Å². The summed E-state index contributed by atoms with van der Waals surface area (Å²) in [5, 5.41) is 17.8. The van der Waals surface area contributed by atoms with E-state index in [2.05, 4.69) is 22.5 Å². The second-order valence-electron chi connectivity index (χ2n) is 4.80.